The molecular formula is C18H26OSi2. The molecule has 0 amide bonds. The predicted molar refractivity (Wildman–Crippen MR) is 97.2 cm³/mol. The average Bonchev–Trinajstić information content (AvgIpc) is 3.14. The summed E-state index contributed by atoms with van der Waals surface area (Å²) in [6.45, 7) is 14.8. The first-order chi connectivity index (χ1) is 9.67. The zero-order chi connectivity index (χ0) is 15.5. The van der Waals surface area contributed by atoms with Gasteiger partial charge in [-0.1, -0.05) is 75.7 Å². The lowest BCUT2D eigenvalue weighted by Crippen LogP contribution is -2.58. The fraction of sp³-hybridized carbons (Fsp3) is 0.444. The molecule has 1 unspecified atom stereocenters. The van der Waals surface area contributed by atoms with Crippen molar-refractivity contribution >= 4 is 26.9 Å². The van der Waals surface area contributed by atoms with Gasteiger partial charge in [-0.3, -0.25) is 0 Å². The molecule has 1 heterocycles. The SMILES string of the molecule is C[Si](C)(C)C1([Si](C)(C)C)OC1c1ccc2ccccc2c1. The molecule has 0 bridgehead atoms. The molecule has 3 rings (SSSR count). The Morgan fingerprint density at radius 3 is 1.90 bits per heavy atom. The molecule has 1 saturated heterocycles. The minimum atomic E-state index is -1.38. The van der Waals surface area contributed by atoms with Gasteiger partial charge in [0.2, 0.25) is 0 Å². The molecule has 112 valence electrons. The number of rotatable bonds is 3. The van der Waals surface area contributed by atoms with Gasteiger partial charge < -0.3 is 4.74 Å². The van der Waals surface area contributed by atoms with Gasteiger partial charge in [0.05, 0.1) is 21.0 Å². The molecule has 1 nitrogen and oxygen atoms in total. The van der Waals surface area contributed by atoms with Gasteiger partial charge in [-0.05, 0) is 22.4 Å². The van der Waals surface area contributed by atoms with E-state index in [1.165, 1.54) is 16.3 Å². The molecule has 1 aliphatic rings. The van der Waals surface area contributed by atoms with Gasteiger partial charge in [0.25, 0.3) is 0 Å². The lowest BCUT2D eigenvalue weighted by molar-refractivity contribution is 0.381. The maximum Gasteiger partial charge on any atom is 0.106 e. The number of hydrogen-bond donors (Lipinski definition) is 0. The summed E-state index contributed by atoms with van der Waals surface area (Å²) in [4.78, 5) is 0.183. The second-order valence-electron chi connectivity index (χ2n) is 8.34. The standard InChI is InChI=1S/C18H26OSi2/c1-20(2,3)18(21(4,5)6)17(19-18)16-12-11-14-9-7-8-10-15(14)13-16/h7-13,17H,1-6H3. The first kappa shape index (κ1) is 15.0. The van der Waals surface area contributed by atoms with E-state index in [1.54, 1.807) is 0 Å². The van der Waals surface area contributed by atoms with E-state index in [4.69, 9.17) is 4.74 Å². The molecule has 2 aromatic rings. The van der Waals surface area contributed by atoms with Crippen LogP contribution in [-0.4, -0.2) is 21.0 Å². The molecule has 1 fully saturated rings. The van der Waals surface area contributed by atoms with Gasteiger partial charge in [0.15, 0.2) is 0 Å². The zero-order valence-electron chi connectivity index (χ0n) is 14.0. The summed E-state index contributed by atoms with van der Waals surface area (Å²) >= 11 is 0. The molecule has 3 heteroatoms. The largest absolute Gasteiger partial charge is 0.369 e. The Hall–Kier alpha value is -0.906. The Kier molecular flexibility index (Phi) is 3.25. The van der Waals surface area contributed by atoms with E-state index in [0.717, 1.165) is 0 Å². The highest BCUT2D eigenvalue weighted by atomic mass is 28.4. The average molecular weight is 315 g/mol. The van der Waals surface area contributed by atoms with Crippen molar-refractivity contribution in [1.29, 1.82) is 0 Å². The highest BCUT2D eigenvalue weighted by molar-refractivity contribution is 6.99. The van der Waals surface area contributed by atoms with Gasteiger partial charge >= 0.3 is 0 Å². The molecular weight excluding hydrogens is 288 g/mol. The van der Waals surface area contributed by atoms with Gasteiger partial charge in [-0.2, -0.15) is 0 Å². The number of epoxide rings is 1. The molecule has 0 spiro atoms. The van der Waals surface area contributed by atoms with Gasteiger partial charge in [0.1, 0.15) is 6.10 Å². The Bertz CT molecular complexity index is 665. The predicted octanol–water partition coefficient (Wildman–Crippen LogP) is 5.40. The van der Waals surface area contributed by atoms with Crippen LogP contribution in [0.4, 0.5) is 0 Å². The van der Waals surface area contributed by atoms with Crippen molar-refractivity contribution in [1.82, 2.24) is 0 Å². The monoisotopic (exact) mass is 314 g/mol. The van der Waals surface area contributed by atoms with Crippen LogP contribution in [0.1, 0.15) is 11.7 Å². The maximum absolute atomic E-state index is 6.49. The summed E-state index contributed by atoms with van der Waals surface area (Å²) in [5, 5.41) is 2.64. The van der Waals surface area contributed by atoms with Crippen LogP contribution in [0.15, 0.2) is 42.5 Å². The summed E-state index contributed by atoms with van der Waals surface area (Å²) < 4.78 is 6.49. The third-order valence-electron chi connectivity index (χ3n) is 4.92. The lowest BCUT2D eigenvalue weighted by atomic mass is 10.1. The van der Waals surface area contributed by atoms with Crippen LogP contribution in [0.5, 0.6) is 0 Å². The van der Waals surface area contributed by atoms with Gasteiger partial charge in [0, 0.05) is 0 Å². The molecule has 0 aliphatic carbocycles. The van der Waals surface area contributed by atoms with Crippen LogP contribution < -0.4 is 0 Å². The Labute approximate surface area is 130 Å². The van der Waals surface area contributed by atoms with E-state index in [9.17, 15) is 0 Å². The molecule has 2 aromatic carbocycles. The summed E-state index contributed by atoms with van der Waals surface area (Å²) in [6, 6.07) is 15.4. The van der Waals surface area contributed by atoms with Crippen molar-refractivity contribution in [2.75, 3.05) is 0 Å². The fourth-order valence-corrected chi connectivity index (χ4v) is 15.9. The highest BCUT2D eigenvalue weighted by Gasteiger charge is 2.70. The Morgan fingerprint density at radius 2 is 1.38 bits per heavy atom. The molecule has 1 aliphatic heterocycles. The minimum absolute atomic E-state index is 0.183. The molecule has 0 saturated carbocycles. The number of hydrogen-bond acceptors (Lipinski definition) is 1. The summed E-state index contributed by atoms with van der Waals surface area (Å²) in [6.07, 6.45) is 0.320. The Balaban J connectivity index is 2.05. The number of fused-ring (bicyclic) bond motifs is 1. The Morgan fingerprint density at radius 1 is 0.810 bits per heavy atom. The van der Waals surface area contributed by atoms with E-state index < -0.39 is 16.1 Å². The summed E-state index contributed by atoms with van der Waals surface area (Å²) in [7, 11) is -2.77. The van der Waals surface area contributed by atoms with E-state index >= 15 is 0 Å². The van der Waals surface area contributed by atoms with Crippen molar-refractivity contribution in [3.63, 3.8) is 0 Å². The van der Waals surface area contributed by atoms with Crippen molar-refractivity contribution in [2.24, 2.45) is 0 Å². The van der Waals surface area contributed by atoms with Crippen molar-refractivity contribution < 1.29 is 4.74 Å². The van der Waals surface area contributed by atoms with Gasteiger partial charge in [-0.15, -0.1) is 0 Å². The normalized spacial score (nSPS) is 21.5. The van der Waals surface area contributed by atoms with E-state index in [2.05, 4.69) is 81.7 Å². The third-order valence-corrected chi connectivity index (χ3v) is 14.6. The first-order valence-electron chi connectivity index (χ1n) is 7.83. The van der Waals surface area contributed by atoms with Crippen LogP contribution >= 0.6 is 0 Å². The van der Waals surface area contributed by atoms with E-state index in [0.29, 0.717) is 6.10 Å². The molecule has 0 N–H and O–H groups in total. The van der Waals surface area contributed by atoms with Crippen molar-refractivity contribution in [3.05, 3.63) is 48.0 Å². The molecule has 0 radical (unpaired) electrons. The lowest BCUT2D eigenvalue weighted by Gasteiger charge is -2.36. The van der Waals surface area contributed by atoms with Crippen molar-refractivity contribution in [3.8, 4) is 0 Å². The minimum Gasteiger partial charge on any atom is -0.369 e. The van der Waals surface area contributed by atoms with E-state index in [-0.39, 0.29) is 4.85 Å². The van der Waals surface area contributed by atoms with Crippen LogP contribution in [0, 0.1) is 0 Å². The second kappa shape index (κ2) is 4.54. The third kappa shape index (κ3) is 2.22. The smallest absolute Gasteiger partial charge is 0.106 e. The van der Waals surface area contributed by atoms with Crippen LogP contribution in [0.2, 0.25) is 39.3 Å². The quantitative estimate of drug-likeness (QED) is 0.545. The van der Waals surface area contributed by atoms with Crippen LogP contribution in [0.3, 0.4) is 0 Å². The second-order valence-corrected chi connectivity index (χ2v) is 19.3. The molecule has 21 heavy (non-hydrogen) atoms. The number of ether oxygens (including phenoxy) is 1. The van der Waals surface area contributed by atoms with Crippen LogP contribution in [-0.2, 0) is 4.74 Å². The fourth-order valence-electron chi connectivity index (χ4n) is 4.09. The topological polar surface area (TPSA) is 12.5 Å². The van der Waals surface area contributed by atoms with Crippen LogP contribution in [0.25, 0.3) is 10.8 Å². The maximum atomic E-state index is 6.49. The van der Waals surface area contributed by atoms with Crippen molar-refractivity contribution in [2.45, 2.75) is 50.2 Å². The molecule has 1 atom stereocenters. The summed E-state index contributed by atoms with van der Waals surface area (Å²) in [5.74, 6) is 0. The highest BCUT2D eigenvalue weighted by Crippen LogP contribution is 2.59. The first-order valence-corrected chi connectivity index (χ1v) is 14.8. The number of benzene rings is 2. The zero-order valence-corrected chi connectivity index (χ0v) is 16.0. The molecule has 0 aromatic heterocycles. The van der Waals surface area contributed by atoms with E-state index in [1.807, 2.05) is 0 Å². The summed E-state index contributed by atoms with van der Waals surface area (Å²) in [5.41, 5.74) is 1.37. The van der Waals surface area contributed by atoms with Gasteiger partial charge in [-0.25, -0.2) is 0 Å².